The van der Waals surface area contributed by atoms with Gasteiger partial charge in [0.05, 0.1) is 7.11 Å². The first kappa shape index (κ1) is 13.3. The van der Waals surface area contributed by atoms with Crippen LogP contribution in [0.25, 0.3) is 0 Å². The van der Waals surface area contributed by atoms with E-state index in [1.54, 1.807) is 0 Å². The van der Waals surface area contributed by atoms with E-state index in [-0.39, 0.29) is 5.97 Å². The minimum atomic E-state index is -0.114. The minimum absolute atomic E-state index is 0.114. The van der Waals surface area contributed by atoms with Crippen molar-refractivity contribution >= 4 is 5.97 Å². The highest BCUT2D eigenvalue weighted by molar-refractivity contribution is 5.69. The van der Waals surface area contributed by atoms with E-state index >= 15 is 0 Å². The summed E-state index contributed by atoms with van der Waals surface area (Å²) in [7, 11) is 1.44. The SMILES string of the molecule is COC(=O)CC/C=C/CCC1CCCCC1. The monoisotopic (exact) mass is 224 g/mol. The Hall–Kier alpha value is -0.790. The van der Waals surface area contributed by atoms with Gasteiger partial charge in [-0.05, 0) is 25.2 Å². The van der Waals surface area contributed by atoms with Crippen molar-refractivity contribution in [2.75, 3.05) is 7.11 Å². The van der Waals surface area contributed by atoms with Crippen LogP contribution in [-0.4, -0.2) is 13.1 Å². The number of hydrogen-bond acceptors (Lipinski definition) is 2. The van der Waals surface area contributed by atoms with Gasteiger partial charge in [-0.25, -0.2) is 0 Å². The number of carbonyl (C=O) groups excluding carboxylic acids is 1. The van der Waals surface area contributed by atoms with E-state index in [9.17, 15) is 4.79 Å². The predicted molar refractivity (Wildman–Crippen MR) is 66.2 cm³/mol. The number of hydrogen-bond donors (Lipinski definition) is 0. The lowest BCUT2D eigenvalue weighted by atomic mass is 9.86. The normalized spacial score (nSPS) is 17.8. The second-order valence-electron chi connectivity index (χ2n) is 4.67. The van der Waals surface area contributed by atoms with Crippen molar-refractivity contribution in [2.24, 2.45) is 5.92 Å². The average molecular weight is 224 g/mol. The molecule has 0 amide bonds. The number of allylic oxidation sites excluding steroid dienone is 2. The Morgan fingerprint density at radius 1 is 1.19 bits per heavy atom. The highest BCUT2D eigenvalue weighted by atomic mass is 16.5. The molecule has 0 aliphatic heterocycles. The fourth-order valence-electron chi connectivity index (χ4n) is 2.35. The van der Waals surface area contributed by atoms with Crippen molar-refractivity contribution in [1.29, 1.82) is 0 Å². The summed E-state index contributed by atoms with van der Waals surface area (Å²) >= 11 is 0. The molecule has 0 radical (unpaired) electrons. The van der Waals surface area contributed by atoms with Crippen LogP contribution in [0.5, 0.6) is 0 Å². The van der Waals surface area contributed by atoms with Gasteiger partial charge in [0.1, 0.15) is 0 Å². The van der Waals surface area contributed by atoms with E-state index < -0.39 is 0 Å². The summed E-state index contributed by atoms with van der Waals surface area (Å²) in [4.78, 5) is 10.8. The van der Waals surface area contributed by atoms with Crippen molar-refractivity contribution in [3.63, 3.8) is 0 Å². The van der Waals surface area contributed by atoms with Crippen LogP contribution in [0.1, 0.15) is 57.8 Å². The molecule has 0 aromatic rings. The number of methoxy groups -OCH3 is 1. The molecular formula is C14H24O2. The zero-order chi connectivity index (χ0) is 11.6. The van der Waals surface area contributed by atoms with Gasteiger partial charge < -0.3 is 4.74 Å². The molecule has 1 aliphatic rings. The van der Waals surface area contributed by atoms with Crippen LogP contribution in [0.4, 0.5) is 0 Å². The van der Waals surface area contributed by atoms with Crippen molar-refractivity contribution < 1.29 is 9.53 Å². The maximum atomic E-state index is 10.8. The van der Waals surface area contributed by atoms with Crippen LogP contribution >= 0.6 is 0 Å². The highest BCUT2D eigenvalue weighted by Crippen LogP contribution is 2.27. The Morgan fingerprint density at radius 2 is 1.88 bits per heavy atom. The van der Waals surface area contributed by atoms with E-state index in [1.807, 2.05) is 0 Å². The quantitative estimate of drug-likeness (QED) is 0.506. The third kappa shape index (κ3) is 5.94. The van der Waals surface area contributed by atoms with E-state index in [0.717, 1.165) is 12.3 Å². The third-order valence-electron chi connectivity index (χ3n) is 3.38. The van der Waals surface area contributed by atoms with Crippen molar-refractivity contribution in [1.82, 2.24) is 0 Å². The highest BCUT2D eigenvalue weighted by Gasteiger charge is 2.11. The van der Waals surface area contributed by atoms with Gasteiger partial charge in [0.2, 0.25) is 0 Å². The molecule has 0 atom stereocenters. The van der Waals surface area contributed by atoms with Crippen molar-refractivity contribution in [3.8, 4) is 0 Å². The van der Waals surface area contributed by atoms with E-state index in [0.29, 0.717) is 6.42 Å². The van der Waals surface area contributed by atoms with Crippen LogP contribution < -0.4 is 0 Å². The number of ether oxygens (including phenoxy) is 1. The van der Waals surface area contributed by atoms with Gasteiger partial charge in [-0.2, -0.15) is 0 Å². The van der Waals surface area contributed by atoms with Gasteiger partial charge in [0.25, 0.3) is 0 Å². The molecule has 2 nitrogen and oxygen atoms in total. The van der Waals surface area contributed by atoms with E-state index in [1.165, 1.54) is 52.1 Å². The number of rotatable bonds is 6. The van der Waals surface area contributed by atoms with E-state index in [4.69, 9.17) is 0 Å². The Morgan fingerprint density at radius 3 is 2.56 bits per heavy atom. The Balaban J connectivity index is 1.97. The molecule has 0 bridgehead atoms. The Labute approximate surface area is 99.1 Å². The maximum absolute atomic E-state index is 10.8. The number of esters is 1. The van der Waals surface area contributed by atoms with Gasteiger partial charge >= 0.3 is 5.97 Å². The van der Waals surface area contributed by atoms with Gasteiger partial charge in [-0.1, -0.05) is 44.3 Å². The summed E-state index contributed by atoms with van der Waals surface area (Å²) in [5, 5.41) is 0. The molecule has 0 saturated heterocycles. The van der Waals surface area contributed by atoms with Crippen LogP contribution in [0.15, 0.2) is 12.2 Å². The van der Waals surface area contributed by atoms with E-state index in [2.05, 4.69) is 16.9 Å². The first-order valence-electron chi connectivity index (χ1n) is 6.54. The van der Waals surface area contributed by atoms with Gasteiger partial charge in [-0.15, -0.1) is 0 Å². The summed E-state index contributed by atoms with van der Waals surface area (Å²) in [6.45, 7) is 0. The van der Waals surface area contributed by atoms with Crippen LogP contribution in [0, 0.1) is 5.92 Å². The lowest BCUT2D eigenvalue weighted by Crippen LogP contribution is -2.05. The molecule has 0 unspecified atom stereocenters. The molecule has 1 fully saturated rings. The molecule has 0 aromatic carbocycles. The zero-order valence-corrected chi connectivity index (χ0v) is 10.4. The largest absolute Gasteiger partial charge is 0.469 e. The van der Waals surface area contributed by atoms with Gasteiger partial charge in [0.15, 0.2) is 0 Å². The number of carbonyl (C=O) groups is 1. The van der Waals surface area contributed by atoms with Gasteiger partial charge in [0, 0.05) is 6.42 Å². The average Bonchev–Trinajstić information content (AvgIpc) is 2.34. The molecule has 1 rings (SSSR count). The van der Waals surface area contributed by atoms with Gasteiger partial charge in [-0.3, -0.25) is 4.79 Å². The van der Waals surface area contributed by atoms with Crippen LogP contribution in [-0.2, 0) is 9.53 Å². The predicted octanol–water partition coefficient (Wildman–Crippen LogP) is 3.86. The van der Waals surface area contributed by atoms with Crippen molar-refractivity contribution in [3.05, 3.63) is 12.2 Å². The first-order valence-corrected chi connectivity index (χ1v) is 6.54. The summed E-state index contributed by atoms with van der Waals surface area (Å²) < 4.78 is 4.58. The summed E-state index contributed by atoms with van der Waals surface area (Å²) in [6.07, 6.45) is 15.3. The summed E-state index contributed by atoms with van der Waals surface area (Å²) in [6, 6.07) is 0. The standard InChI is InChI=1S/C14H24O2/c1-16-14(15)12-8-3-2-5-9-13-10-6-4-7-11-13/h2-3,13H,4-12H2,1H3/b3-2+. The molecule has 0 spiro atoms. The molecule has 1 saturated carbocycles. The fraction of sp³-hybridized carbons (Fsp3) is 0.786. The molecule has 2 heteroatoms. The first-order chi connectivity index (χ1) is 7.83. The topological polar surface area (TPSA) is 26.3 Å². The van der Waals surface area contributed by atoms with Crippen molar-refractivity contribution in [2.45, 2.75) is 57.8 Å². The molecule has 0 heterocycles. The molecule has 16 heavy (non-hydrogen) atoms. The summed E-state index contributed by atoms with van der Waals surface area (Å²) in [5.74, 6) is 0.843. The third-order valence-corrected chi connectivity index (χ3v) is 3.38. The molecule has 92 valence electrons. The zero-order valence-electron chi connectivity index (χ0n) is 10.4. The second-order valence-corrected chi connectivity index (χ2v) is 4.67. The Bertz CT molecular complexity index is 215. The molecule has 1 aliphatic carbocycles. The smallest absolute Gasteiger partial charge is 0.305 e. The minimum Gasteiger partial charge on any atom is -0.469 e. The Kier molecular flexibility index (Phi) is 6.95. The lowest BCUT2D eigenvalue weighted by molar-refractivity contribution is -0.140. The summed E-state index contributed by atoms with van der Waals surface area (Å²) in [5.41, 5.74) is 0. The van der Waals surface area contributed by atoms with Crippen LogP contribution in [0.3, 0.4) is 0 Å². The molecule has 0 N–H and O–H groups in total. The second kappa shape index (κ2) is 8.37. The maximum Gasteiger partial charge on any atom is 0.305 e. The fourth-order valence-corrected chi connectivity index (χ4v) is 2.35. The molecular weight excluding hydrogens is 200 g/mol. The lowest BCUT2D eigenvalue weighted by Gasteiger charge is -2.20. The molecule has 0 aromatic heterocycles. The van der Waals surface area contributed by atoms with Crippen LogP contribution in [0.2, 0.25) is 0 Å².